The summed E-state index contributed by atoms with van der Waals surface area (Å²) in [5.74, 6) is -1.35. The zero-order chi connectivity index (χ0) is 21.5. The molecule has 5 rings (SSSR count). The van der Waals surface area contributed by atoms with Gasteiger partial charge in [-0.05, 0) is 36.2 Å². The fourth-order valence-electron chi connectivity index (χ4n) is 4.12. The van der Waals surface area contributed by atoms with E-state index in [1.54, 1.807) is 30.5 Å². The number of amides is 4. The second-order valence-electron chi connectivity index (χ2n) is 7.60. The number of hydrogen-bond donors (Lipinski definition) is 2. The van der Waals surface area contributed by atoms with Gasteiger partial charge in [-0.15, -0.1) is 0 Å². The Bertz CT molecular complexity index is 1260. The second kappa shape index (κ2) is 7.32. The average molecular weight is 414 g/mol. The van der Waals surface area contributed by atoms with Crippen molar-refractivity contribution < 1.29 is 19.2 Å². The highest BCUT2D eigenvalue weighted by Crippen LogP contribution is 2.29. The normalized spacial score (nSPS) is 18.1. The number of aromatic nitrogens is 1. The molecule has 4 amide bonds. The molecule has 0 aliphatic carbocycles. The molecule has 31 heavy (non-hydrogen) atoms. The summed E-state index contributed by atoms with van der Waals surface area (Å²) < 4.78 is 0. The summed E-state index contributed by atoms with van der Waals surface area (Å²) >= 11 is 0. The maximum atomic E-state index is 12.9. The van der Waals surface area contributed by atoms with Gasteiger partial charge in [0.25, 0.3) is 11.8 Å². The van der Waals surface area contributed by atoms with Crippen molar-refractivity contribution in [1.82, 2.24) is 15.2 Å². The molecule has 2 aliphatic heterocycles. The molecular weight excluding hydrogens is 396 g/mol. The van der Waals surface area contributed by atoms with Crippen LogP contribution in [0.1, 0.15) is 39.1 Å². The third kappa shape index (κ3) is 3.31. The fraction of sp³-hybridized carbons (Fsp3) is 0.174. The zero-order valence-corrected chi connectivity index (χ0v) is 16.4. The number of fused-ring (bicyclic) bond motifs is 2. The molecule has 0 spiro atoms. The number of nitrogens with one attached hydrogen (secondary N) is 2. The van der Waals surface area contributed by atoms with E-state index >= 15 is 0 Å². The van der Waals surface area contributed by atoms with E-state index in [2.05, 4.69) is 15.6 Å². The number of benzene rings is 2. The Morgan fingerprint density at radius 3 is 2.77 bits per heavy atom. The van der Waals surface area contributed by atoms with Crippen LogP contribution in [0.2, 0.25) is 0 Å². The monoisotopic (exact) mass is 414 g/mol. The van der Waals surface area contributed by atoms with Crippen LogP contribution in [0.5, 0.6) is 0 Å². The van der Waals surface area contributed by atoms with Gasteiger partial charge >= 0.3 is 0 Å². The molecule has 2 N–H and O–H groups in total. The Morgan fingerprint density at radius 2 is 1.94 bits per heavy atom. The molecule has 8 nitrogen and oxygen atoms in total. The van der Waals surface area contributed by atoms with Crippen molar-refractivity contribution in [3.8, 4) is 0 Å². The number of nitrogens with zero attached hydrogens (tertiary/aromatic N) is 2. The quantitative estimate of drug-likeness (QED) is 0.639. The van der Waals surface area contributed by atoms with Crippen LogP contribution in [0.15, 0.2) is 54.7 Å². The number of rotatable bonds is 3. The van der Waals surface area contributed by atoms with Crippen molar-refractivity contribution in [2.75, 3.05) is 5.32 Å². The van der Waals surface area contributed by atoms with E-state index in [1.165, 1.54) is 4.90 Å². The summed E-state index contributed by atoms with van der Waals surface area (Å²) in [5.41, 5.74) is 2.93. The van der Waals surface area contributed by atoms with Crippen molar-refractivity contribution in [2.24, 2.45) is 0 Å². The largest absolute Gasteiger partial charge is 0.322 e. The number of para-hydroxylation sites is 1. The molecule has 0 bridgehead atoms. The smallest absolute Gasteiger partial charge is 0.256 e. The summed E-state index contributed by atoms with van der Waals surface area (Å²) in [6, 6.07) is 13.5. The molecule has 1 aromatic heterocycles. The Hall–Kier alpha value is -4.07. The van der Waals surface area contributed by atoms with Gasteiger partial charge in [0, 0.05) is 35.8 Å². The molecule has 1 fully saturated rings. The van der Waals surface area contributed by atoms with Crippen LogP contribution in [0.25, 0.3) is 10.9 Å². The highest BCUT2D eigenvalue weighted by molar-refractivity contribution is 6.13. The molecule has 1 unspecified atom stereocenters. The number of carbonyl (C=O) groups is 4. The van der Waals surface area contributed by atoms with Crippen LogP contribution in [0, 0.1) is 0 Å². The van der Waals surface area contributed by atoms with E-state index in [0.717, 1.165) is 16.5 Å². The molecule has 2 aliphatic rings. The standard InChI is InChI=1S/C23H18N4O4/c28-20-8-7-19(22(30)26-20)27-12-13-5-6-14(11-17(13)23(27)31)25-21(29)16-9-10-24-18-4-2-1-3-15(16)18/h1-6,9-11,19H,7-8,12H2,(H,25,29)(H,26,28,30). The summed E-state index contributed by atoms with van der Waals surface area (Å²) in [6.07, 6.45) is 2.10. The number of anilines is 1. The van der Waals surface area contributed by atoms with Gasteiger partial charge in [0.2, 0.25) is 11.8 Å². The van der Waals surface area contributed by atoms with Crippen LogP contribution in [0.4, 0.5) is 5.69 Å². The zero-order valence-electron chi connectivity index (χ0n) is 16.4. The number of imide groups is 1. The van der Waals surface area contributed by atoms with E-state index in [1.807, 2.05) is 24.3 Å². The lowest BCUT2D eigenvalue weighted by Crippen LogP contribution is -2.52. The molecule has 0 saturated carbocycles. The lowest BCUT2D eigenvalue weighted by Gasteiger charge is -2.29. The first-order valence-corrected chi connectivity index (χ1v) is 9.94. The van der Waals surface area contributed by atoms with E-state index in [4.69, 9.17) is 0 Å². The molecule has 154 valence electrons. The first-order valence-electron chi connectivity index (χ1n) is 9.94. The highest BCUT2D eigenvalue weighted by Gasteiger charge is 2.39. The van der Waals surface area contributed by atoms with Crippen LogP contribution < -0.4 is 10.6 Å². The topological polar surface area (TPSA) is 108 Å². The summed E-state index contributed by atoms with van der Waals surface area (Å²) in [4.78, 5) is 55.1. The van der Waals surface area contributed by atoms with Gasteiger partial charge in [0.05, 0.1) is 11.1 Å². The van der Waals surface area contributed by atoms with Crippen molar-refractivity contribution >= 4 is 40.2 Å². The Balaban J connectivity index is 1.38. The Morgan fingerprint density at radius 1 is 1.10 bits per heavy atom. The van der Waals surface area contributed by atoms with Crippen LogP contribution in [-0.4, -0.2) is 39.6 Å². The summed E-state index contributed by atoms with van der Waals surface area (Å²) in [5, 5.41) is 5.88. The lowest BCUT2D eigenvalue weighted by molar-refractivity contribution is -0.136. The van der Waals surface area contributed by atoms with E-state index in [9.17, 15) is 19.2 Å². The van der Waals surface area contributed by atoms with Crippen LogP contribution in [-0.2, 0) is 16.1 Å². The second-order valence-corrected chi connectivity index (χ2v) is 7.60. The first kappa shape index (κ1) is 18.9. The van der Waals surface area contributed by atoms with E-state index in [0.29, 0.717) is 29.8 Å². The van der Waals surface area contributed by atoms with Gasteiger partial charge in [-0.1, -0.05) is 24.3 Å². The van der Waals surface area contributed by atoms with Crippen molar-refractivity contribution in [2.45, 2.75) is 25.4 Å². The van der Waals surface area contributed by atoms with E-state index in [-0.39, 0.29) is 24.1 Å². The van der Waals surface area contributed by atoms with Gasteiger partial charge in [0.15, 0.2) is 0 Å². The number of carbonyl (C=O) groups excluding carboxylic acids is 4. The Kier molecular flexibility index (Phi) is 4.47. The minimum absolute atomic E-state index is 0.206. The number of piperidine rings is 1. The predicted molar refractivity (Wildman–Crippen MR) is 112 cm³/mol. The minimum Gasteiger partial charge on any atom is -0.322 e. The maximum Gasteiger partial charge on any atom is 0.256 e. The lowest BCUT2D eigenvalue weighted by atomic mass is 10.0. The molecule has 1 atom stereocenters. The molecule has 1 saturated heterocycles. The van der Waals surface area contributed by atoms with Gasteiger partial charge < -0.3 is 10.2 Å². The third-order valence-electron chi connectivity index (χ3n) is 5.68. The minimum atomic E-state index is -0.668. The summed E-state index contributed by atoms with van der Waals surface area (Å²) in [7, 11) is 0. The fourth-order valence-corrected chi connectivity index (χ4v) is 4.12. The van der Waals surface area contributed by atoms with Crippen molar-refractivity contribution in [3.63, 3.8) is 0 Å². The molecule has 3 aromatic rings. The third-order valence-corrected chi connectivity index (χ3v) is 5.68. The average Bonchev–Trinajstić information content (AvgIpc) is 3.09. The molecule has 3 heterocycles. The Labute approximate surface area is 177 Å². The highest BCUT2D eigenvalue weighted by atomic mass is 16.2. The molecule has 0 radical (unpaired) electrons. The van der Waals surface area contributed by atoms with Crippen LogP contribution in [0.3, 0.4) is 0 Å². The predicted octanol–water partition coefficient (Wildman–Crippen LogP) is 2.25. The maximum absolute atomic E-state index is 12.9. The van der Waals surface area contributed by atoms with E-state index < -0.39 is 11.9 Å². The number of pyridine rings is 1. The number of hydrogen-bond acceptors (Lipinski definition) is 5. The van der Waals surface area contributed by atoms with Crippen molar-refractivity contribution in [3.05, 3.63) is 71.4 Å². The SMILES string of the molecule is O=C1CCC(N2Cc3ccc(NC(=O)c4ccnc5ccccc45)cc3C2=O)C(=O)N1. The van der Waals surface area contributed by atoms with Gasteiger partial charge in [-0.2, -0.15) is 0 Å². The summed E-state index contributed by atoms with van der Waals surface area (Å²) in [6.45, 7) is 0.295. The first-order chi connectivity index (χ1) is 15.0. The van der Waals surface area contributed by atoms with Crippen molar-refractivity contribution in [1.29, 1.82) is 0 Å². The van der Waals surface area contributed by atoms with Crippen LogP contribution >= 0.6 is 0 Å². The molecule has 8 heteroatoms. The molecular formula is C23H18N4O4. The van der Waals surface area contributed by atoms with Gasteiger partial charge in [-0.25, -0.2) is 0 Å². The van der Waals surface area contributed by atoms with Gasteiger partial charge in [0.1, 0.15) is 6.04 Å². The molecule has 2 aromatic carbocycles. The van der Waals surface area contributed by atoms with Gasteiger partial charge in [-0.3, -0.25) is 29.5 Å².